The van der Waals surface area contributed by atoms with Crippen molar-refractivity contribution in [3.8, 4) is 12.1 Å². The second-order valence-electron chi connectivity index (χ2n) is 5.75. The van der Waals surface area contributed by atoms with Crippen LogP contribution in [0, 0.1) is 28.5 Å². The minimum absolute atomic E-state index is 0.267. The molecule has 0 spiro atoms. The molecule has 0 aliphatic carbocycles. The van der Waals surface area contributed by atoms with Crippen molar-refractivity contribution in [2.24, 2.45) is 5.73 Å². The number of rotatable bonds is 1. The van der Waals surface area contributed by atoms with Gasteiger partial charge in [0.1, 0.15) is 17.5 Å². The number of anilines is 2. The van der Waals surface area contributed by atoms with E-state index in [0.29, 0.717) is 17.0 Å². The molecule has 120 valence electrons. The van der Waals surface area contributed by atoms with E-state index in [1.165, 1.54) is 12.1 Å². The van der Waals surface area contributed by atoms with Gasteiger partial charge in [0.15, 0.2) is 0 Å². The number of nitrogens with one attached hydrogen (secondary N) is 1. The zero-order chi connectivity index (χ0) is 17.6. The van der Waals surface area contributed by atoms with Crippen molar-refractivity contribution in [2.75, 3.05) is 10.2 Å². The molecule has 2 aromatic carbocycles. The van der Waals surface area contributed by atoms with Crippen LogP contribution in [0.15, 0.2) is 71.3 Å². The van der Waals surface area contributed by atoms with E-state index in [9.17, 15) is 14.9 Å². The lowest BCUT2D eigenvalue weighted by Crippen LogP contribution is -2.34. The third kappa shape index (κ3) is 2.05. The largest absolute Gasteiger partial charge is 0.384 e. The van der Waals surface area contributed by atoms with E-state index in [0.717, 1.165) is 11.4 Å². The maximum Gasteiger partial charge on any atom is 0.131 e. The Bertz CT molecular complexity index is 1020. The Hall–Kier alpha value is -3.77. The number of hydrogen-bond donors (Lipinski definition) is 2. The average Bonchev–Trinajstić information content (AvgIpc) is 3.02. The topological polar surface area (TPSA) is 88.9 Å². The van der Waals surface area contributed by atoms with Crippen molar-refractivity contribution in [1.82, 2.24) is 0 Å². The zero-order valence-corrected chi connectivity index (χ0v) is 13.0. The van der Waals surface area contributed by atoms with Crippen LogP contribution >= 0.6 is 0 Å². The Morgan fingerprint density at radius 1 is 1.00 bits per heavy atom. The summed E-state index contributed by atoms with van der Waals surface area (Å²) in [6.07, 6.45) is 0. The Kier molecular flexibility index (Phi) is 3.19. The van der Waals surface area contributed by atoms with E-state index in [4.69, 9.17) is 5.73 Å². The minimum Gasteiger partial charge on any atom is -0.384 e. The van der Waals surface area contributed by atoms with Crippen molar-refractivity contribution >= 4 is 11.4 Å². The maximum absolute atomic E-state index is 13.3. The number of fused-ring (bicyclic) bond motifs is 3. The first kappa shape index (κ1) is 14.8. The fraction of sp³-hybridized carbons (Fsp3) is 0.0526. The first-order chi connectivity index (χ1) is 12.2. The molecule has 0 bridgehead atoms. The van der Waals surface area contributed by atoms with Crippen LogP contribution in [0.1, 0.15) is 11.5 Å². The molecule has 0 amide bonds. The number of halogens is 1. The first-order valence-electron chi connectivity index (χ1n) is 7.61. The second kappa shape index (κ2) is 5.40. The summed E-state index contributed by atoms with van der Waals surface area (Å²) in [6, 6.07) is 17.6. The molecule has 0 saturated heterocycles. The van der Waals surface area contributed by atoms with Crippen LogP contribution in [-0.4, -0.2) is 0 Å². The molecule has 2 aliphatic heterocycles. The summed E-state index contributed by atoms with van der Waals surface area (Å²) >= 11 is 0. The lowest BCUT2D eigenvalue weighted by Gasteiger charge is -2.31. The molecule has 3 N–H and O–H groups in total. The summed E-state index contributed by atoms with van der Waals surface area (Å²) < 4.78 is 13.3. The average molecular weight is 329 g/mol. The molecule has 4 rings (SSSR count). The first-order valence-corrected chi connectivity index (χ1v) is 7.61. The number of hydrogen-bond acceptors (Lipinski definition) is 5. The molecule has 0 fully saturated rings. The van der Waals surface area contributed by atoms with Crippen LogP contribution in [-0.2, 0) is 0 Å². The molecule has 6 heteroatoms. The highest BCUT2D eigenvalue weighted by atomic mass is 19.1. The standard InChI is InChI=1S/C19H12FN5/c20-12-7-5-11(6-8-12)17-13(9-21)18(23)25-16-4-2-1-3-15(16)24-19(25)14(17)10-22/h1-8,17,24H,23H2/t17-/m0/s1. The van der Waals surface area contributed by atoms with Gasteiger partial charge in [-0.3, -0.25) is 4.90 Å². The van der Waals surface area contributed by atoms with Gasteiger partial charge in [0, 0.05) is 0 Å². The Balaban J connectivity index is 1.96. The van der Waals surface area contributed by atoms with Gasteiger partial charge in [-0.15, -0.1) is 0 Å². The summed E-state index contributed by atoms with van der Waals surface area (Å²) in [7, 11) is 0. The number of nitrogens with two attached hydrogens (primary N) is 1. The lowest BCUT2D eigenvalue weighted by atomic mass is 9.83. The van der Waals surface area contributed by atoms with Gasteiger partial charge in [0.25, 0.3) is 0 Å². The molecule has 5 nitrogen and oxygen atoms in total. The van der Waals surface area contributed by atoms with Crippen molar-refractivity contribution in [1.29, 1.82) is 10.5 Å². The van der Waals surface area contributed by atoms with E-state index in [2.05, 4.69) is 17.5 Å². The van der Waals surface area contributed by atoms with E-state index >= 15 is 0 Å². The van der Waals surface area contributed by atoms with Crippen molar-refractivity contribution in [2.45, 2.75) is 5.92 Å². The Morgan fingerprint density at radius 2 is 1.68 bits per heavy atom. The van der Waals surface area contributed by atoms with Gasteiger partial charge in [-0.1, -0.05) is 24.3 Å². The van der Waals surface area contributed by atoms with Crippen LogP contribution < -0.4 is 16.0 Å². The lowest BCUT2D eigenvalue weighted by molar-refractivity contribution is 0.626. The summed E-state index contributed by atoms with van der Waals surface area (Å²) in [4.78, 5) is 1.69. The van der Waals surface area contributed by atoms with Crippen molar-refractivity contribution < 1.29 is 4.39 Å². The predicted octanol–water partition coefficient (Wildman–Crippen LogP) is 3.28. The minimum atomic E-state index is -0.635. The molecular formula is C19H12FN5. The second-order valence-corrected chi connectivity index (χ2v) is 5.75. The molecule has 2 heterocycles. The van der Waals surface area contributed by atoms with Crippen LogP contribution in [0.3, 0.4) is 0 Å². The van der Waals surface area contributed by atoms with Crippen LogP contribution in [0.2, 0.25) is 0 Å². The van der Waals surface area contributed by atoms with E-state index < -0.39 is 5.92 Å². The van der Waals surface area contributed by atoms with E-state index in [-0.39, 0.29) is 17.2 Å². The quantitative estimate of drug-likeness (QED) is 0.838. The van der Waals surface area contributed by atoms with Crippen LogP contribution in [0.4, 0.5) is 15.8 Å². The highest BCUT2D eigenvalue weighted by Crippen LogP contribution is 2.47. The molecule has 25 heavy (non-hydrogen) atoms. The fourth-order valence-corrected chi connectivity index (χ4v) is 3.29. The number of para-hydroxylation sites is 2. The summed E-state index contributed by atoms with van der Waals surface area (Å²) in [5.41, 5.74) is 9.16. The fourth-order valence-electron chi connectivity index (χ4n) is 3.29. The van der Waals surface area contributed by atoms with Gasteiger partial charge < -0.3 is 11.1 Å². The molecule has 0 unspecified atom stereocenters. The smallest absolute Gasteiger partial charge is 0.131 e. The number of nitriles is 2. The van der Waals surface area contributed by atoms with Crippen LogP contribution in [0.5, 0.6) is 0 Å². The number of nitrogens with zero attached hydrogens (tertiary/aromatic N) is 3. The third-order valence-corrected chi connectivity index (χ3v) is 4.42. The molecule has 0 aromatic heterocycles. The summed E-state index contributed by atoms with van der Waals surface area (Å²) in [5, 5.41) is 22.7. The highest BCUT2D eigenvalue weighted by Gasteiger charge is 2.40. The number of allylic oxidation sites excluding steroid dienone is 2. The monoisotopic (exact) mass is 329 g/mol. The molecule has 0 radical (unpaired) electrons. The SMILES string of the molecule is N#CC1=C(N)N2C(=C(C#N)[C@H]1c1ccc(F)cc1)Nc1ccccc12. The summed E-state index contributed by atoms with van der Waals surface area (Å²) in [5.74, 6) is -0.212. The predicted molar refractivity (Wildman–Crippen MR) is 91.2 cm³/mol. The molecule has 1 atom stereocenters. The van der Waals surface area contributed by atoms with Crippen molar-refractivity contribution in [3.63, 3.8) is 0 Å². The molecule has 0 saturated carbocycles. The van der Waals surface area contributed by atoms with Crippen LogP contribution in [0.25, 0.3) is 0 Å². The van der Waals surface area contributed by atoms with Crippen molar-refractivity contribution in [3.05, 3.63) is 82.7 Å². The Morgan fingerprint density at radius 3 is 2.36 bits per heavy atom. The van der Waals surface area contributed by atoms with Gasteiger partial charge in [0.05, 0.1) is 40.6 Å². The Labute approximate surface area is 143 Å². The third-order valence-electron chi connectivity index (χ3n) is 4.42. The highest BCUT2D eigenvalue weighted by molar-refractivity contribution is 5.86. The maximum atomic E-state index is 13.3. The van der Waals surface area contributed by atoms with Gasteiger partial charge in [0.2, 0.25) is 0 Å². The van der Waals surface area contributed by atoms with Gasteiger partial charge in [-0.2, -0.15) is 10.5 Å². The number of benzene rings is 2. The molecule has 2 aliphatic rings. The molecule has 2 aromatic rings. The van der Waals surface area contributed by atoms with E-state index in [1.54, 1.807) is 17.0 Å². The van der Waals surface area contributed by atoms with E-state index in [1.807, 2.05) is 24.3 Å². The van der Waals surface area contributed by atoms with Gasteiger partial charge >= 0.3 is 0 Å². The normalized spacial score (nSPS) is 18.2. The zero-order valence-electron chi connectivity index (χ0n) is 13.0. The van der Waals surface area contributed by atoms with Gasteiger partial charge in [-0.05, 0) is 29.8 Å². The van der Waals surface area contributed by atoms with Gasteiger partial charge in [-0.25, -0.2) is 4.39 Å². The molecular weight excluding hydrogens is 317 g/mol. The summed E-state index contributed by atoms with van der Waals surface area (Å²) in [6.45, 7) is 0.